The number of imidazole rings is 1. The Balaban J connectivity index is 1.54. The van der Waals surface area contributed by atoms with Crippen LogP contribution in [0.5, 0.6) is 0 Å². The zero-order valence-electron chi connectivity index (χ0n) is 16.5. The summed E-state index contributed by atoms with van der Waals surface area (Å²) in [5.41, 5.74) is 11.1. The summed E-state index contributed by atoms with van der Waals surface area (Å²) in [6, 6.07) is 14.7. The molecule has 1 aliphatic rings. The van der Waals surface area contributed by atoms with Crippen LogP contribution in [0.25, 0.3) is 38.2 Å². The van der Waals surface area contributed by atoms with Gasteiger partial charge in [-0.25, -0.2) is 15.0 Å². The molecule has 5 nitrogen and oxygen atoms in total. The molecule has 1 aliphatic carbocycles. The van der Waals surface area contributed by atoms with E-state index in [1.165, 1.54) is 30.6 Å². The van der Waals surface area contributed by atoms with Crippen molar-refractivity contribution >= 4 is 33.6 Å². The van der Waals surface area contributed by atoms with Gasteiger partial charge in [-0.05, 0) is 36.4 Å². The van der Waals surface area contributed by atoms with E-state index in [2.05, 4.69) is 57.2 Å². The van der Waals surface area contributed by atoms with Gasteiger partial charge in [0.15, 0.2) is 0 Å². The molecule has 1 aromatic carbocycles. The second-order valence-electron chi connectivity index (χ2n) is 7.91. The summed E-state index contributed by atoms with van der Waals surface area (Å²) in [5, 5.41) is 3.19. The Morgan fingerprint density at radius 2 is 1.90 bits per heavy atom. The molecule has 0 bridgehead atoms. The minimum absolute atomic E-state index is 0.483. The van der Waals surface area contributed by atoms with E-state index >= 15 is 0 Å². The van der Waals surface area contributed by atoms with Crippen molar-refractivity contribution < 1.29 is 0 Å². The molecule has 30 heavy (non-hydrogen) atoms. The van der Waals surface area contributed by atoms with Crippen LogP contribution in [0.1, 0.15) is 37.4 Å². The third kappa shape index (κ3) is 2.79. The van der Waals surface area contributed by atoms with Crippen LogP contribution < -0.4 is 5.73 Å². The average Bonchev–Trinajstić information content (AvgIpc) is 3.53. The molecule has 0 spiro atoms. The van der Waals surface area contributed by atoms with Crippen molar-refractivity contribution in [1.82, 2.24) is 19.4 Å². The van der Waals surface area contributed by atoms with E-state index in [9.17, 15) is 0 Å². The van der Waals surface area contributed by atoms with E-state index in [0.29, 0.717) is 11.7 Å². The lowest BCUT2D eigenvalue weighted by molar-refractivity contribution is 0.665. The number of anilines is 1. The number of nitrogens with two attached hydrogens (primary N) is 1. The quantitative estimate of drug-likeness (QED) is 0.400. The van der Waals surface area contributed by atoms with Gasteiger partial charge in [-0.2, -0.15) is 0 Å². The van der Waals surface area contributed by atoms with Gasteiger partial charge in [0.2, 0.25) is 0 Å². The fourth-order valence-corrected chi connectivity index (χ4v) is 5.28. The maximum absolute atomic E-state index is 6.32. The van der Waals surface area contributed by atoms with Crippen LogP contribution in [0.3, 0.4) is 0 Å². The molecule has 6 heteroatoms. The zero-order chi connectivity index (χ0) is 20.1. The van der Waals surface area contributed by atoms with Crippen LogP contribution in [-0.2, 0) is 0 Å². The topological polar surface area (TPSA) is 69.1 Å². The van der Waals surface area contributed by atoms with Crippen molar-refractivity contribution in [2.75, 3.05) is 5.73 Å². The molecule has 0 amide bonds. The van der Waals surface area contributed by atoms with Crippen LogP contribution in [0, 0.1) is 0 Å². The van der Waals surface area contributed by atoms with Crippen molar-refractivity contribution in [2.24, 2.45) is 0 Å². The van der Waals surface area contributed by atoms with Crippen LogP contribution in [-0.4, -0.2) is 19.4 Å². The van der Waals surface area contributed by atoms with Crippen molar-refractivity contribution in [1.29, 1.82) is 0 Å². The first kappa shape index (κ1) is 17.6. The minimum Gasteiger partial charge on any atom is -0.382 e. The first-order valence-corrected chi connectivity index (χ1v) is 11.2. The van der Waals surface area contributed by atoms with Gasteiger partial charge in [0.05, 0.1) is 16.1 Å². The summed E-state index contributed by atoms with van der Waals surface area (Å²) in [6.07, 6.45) is 8.65. The van der Waals surface area contributed by atoms with Gasteiger partial charge in [-0.3, -0.25) is 4.40 Å². The number of aromatic nitrogens is 4. The molecule has 2 N–H and O–H groups in total. The first-order valence-electron chi connectivity index (χ1n) is 10.4. The fraction of sp³-hybridized carbons (Fsp3) is 0.208. The number of thiophene rings is 1. The molecule has 0 unspecified atom stereocenters. The standard InChI is InChI=1S/C24H21N5S/c25-23-22-21(28-24(16-4-1-2-5-16)29(22)12-11-26-23)17-8-7-15-9-10-18(27-19(15)14-17)20-6-3-13-30-20/h3,6-14,16H,1-2,4-5H2,(H2,25,26). The van der Waals surface area contributed by atoms with Gasteiger partial charge in [-0.1, -0.05) is 37.1 Å². The number of rotatable bonds is 3. The number of benzene rings is 1. The van der Waals surface area contributed by atoms with E-state index in [1.54, 1.807) is 17.5 Å². The van der Waals surface area contributed by atoms with E-state index in [4.69, 9.17) is 15.7 Å². The predicted octanol–water partition coefficient (Wildman–Crippen LogP) is 5.91. The van der Waals surface area contributed by atoms with Crippen LogP contribution in [0.4, 0.5) is 5.82 Å². The van der Waals surface area contributed by atoms with Gasteiger partial charge in [0.1, 0.15) is 22.9 Å². The van der Waals surface area contributed by atoms with Crippen molar-refractivity contribution in [3.8, 4) is 21.8 Å². The summed E-state index contributed by atoms with van der Waals surface area (Å²) in [7, 11) is 0. The number of pyridine rings is 1. The highest BCUT2D eigenvalue weighted by molar-refractivity contribution is 7.13. The number of fused-ring (bicyclic) bond motifs is 2. The molecular weight excluding hydrogens is 390 g/mol. The molecule has 1 saturated carbocycles. The van der Waals surface area contributed by atoms with Crippen molar-refractivity contribution in [3.05, 3.63) is 66.1 Å². The third-order valence-corrected chi connectivity index (χ3v) is 6.96. The number of hydrogen-bond acceptors (Lipinski definition) is 5. The number of nitrogens with zero attached hydrogens (tertiary/aromatic N) is 4. The molecule has 4 aromatic heterocycles. The predicted molar refractivity (Wildman–Crippen MR) is 123 cm³/mol. The van der Waals surface area contributed by atoms with Crippen molar-refractivity contribution in [3.63, 3.8) is 0 Å². The molecule has 148 valence electrons. The molecule has 6 rings (SSSR count). The smallest absolute Gasteiger partial charge is 0.150 e. The molecule has 0 aliphatic heterocycles. The van der Waals surface area contributed by atoms with E-state index in [1.807, 2.05) is 6.20 Å². The highest BCUT2D eigenvalue weighted by Crippen LogP contribution is 2.38. The summed E-state index contributed by atoms with van der Waals surface area (Å²) >= 11 is 1.70. The Morgan fingerprint density at radius 3 is 2.73 bits per heavy atom. The molecular formula is C24H21N5S. The first-order chi connectivity index (χ1) is 14.8. The Morgan fingerprint density at radius 1 is 1.03 bits per heavy atom. The van der Waals surface area contributed by atoms with Gasteiger partial charge >= 0.3 is 0 Å². The Labute approximate surface area is 178 Å². The van der Waals surface area contributed by atoms with E-state index in [0.717, 1.165) is 39.2 Å². The third-order valence-electron chi connectivity index (χ3n) is 6.07. The number of hydrogen-bond donors (Lipinski definition) is 1. The highest BCUT2D eigenvalue weighted by atomic mass is 32.1. The maximum Gasteiger partial charge on any atom is 0.150 e. The Hall–Kier alpha value is -3.25. The molecule has 0 saturated heterocycles. The largest absolute Gasteiger partial charge is 0.382 e. The Bertz CT molecular complexity index is 1360. The maximum atomic E-state index is 6.32. The summed E-state index contributed by atoms with van der Waals surface area (Å²) in [4.78, 5) is 15.5. The minimum atomic E-state index is 0.483. The second-order valence-corrected chi connectivity index (χ2v) is 8.86. The van der Waals surface area contributed by atoms with Crippen molar-refractivity contribution in [2.45, 2.75) is 31.6 Å². The lowest BCUT2D eigenvalue weighted by atomic mass is 10.1. The monoisotopic (exact) mass is 411 g/mol. The second kappa shape index (κ2) is 6.92. The highest BCUT2D eigenvalue weighted by Gasteiger charge is 2.25. The SMILES string of the molecule is Nc1nccn2c(C3CCCC3)nc(-c3ccc4ccc(-c5cccs5)nc4c3)c12. The molecule has 4 heterocycles. The van der Waals surface area contributed by atoms with Gasteiger partial charge in [0.25, 0.3) is 0 Å². The molecule has 0 radical (unpaired) electrons. The van der Waals surface area contributed by atoms with Gasteiger partial charge in [0, 0.05) is 29.3 Å². The van der Waals surface area contributed by atoms with Crippen LogP contribution in [0.15, 0.2) is 60.2 Å². The zero-order valence-corrected chi connectivity index (χ0v) is 17.3. The van der Waals surface area contributed by atoms with E-state index < -0.39 is 0 Å². The van der Waals surface area contributed by atoms with Crippen LogP contribution >= 0.6 is 11.3 Å². The Kier molecular flexibility index (Phi) is 4.06. The number of nitrogen functional groups attached to an aromatic ring is 1. The summed E-state index contributed by atoms with van der Waals surface area (Å²) < 4.78 is 2.15. The molecule has 0 atom stereocenters. The fourth-order valence-electron chi connectivity index (χ4n) is 4.59. The average molecular weight is 412 g/mol. The van der Waals surface area contributed by atoms with Gasteiger partial charge < -0.3 is 5.73 Å². The van der Waals surface area contributed by atoms with Gasteiger partial charge in [-0.15, -0.1) is 11.3 Å². The lowest BCUT2D eigenvalue weighted by Gasteiger charge is -2.07. The normalized spacial score (nSPS) is 14.8. The lowest BCUT2D eigenvalue weighted by Crippen LogP contribution is -2.01. The molecule has 1 fully saturated rings. The summed E-state index contributed by atoms with van der Waals surface area (Å²) in [6.45, 7) is 0. The molecule has 5 aromatic rings. The summed E-state index contributed by atoms with van der Waals surface area (Å²) in [5.74, 6) is 2.11. The van der Waals surface area contributed by atoms with E-state index in [-0.39, 0.29) is 0 Å². The van der Waals surface area contributed by atoms with Crippen LogP contribution in [0.2, 0.25) is 0 Å².